The van der Waals surface area contributed by atoms with Crippen molar-refractivity contribution in [2.75, 3.05) is 20.1 Å². The van der Waals surface area contributed by atoms with Gasteiger partial charge in [-0.1, -0.05) is 34.1 Å². The molecular formula is C13H17BrN2O2S. The topological polar surface area (TPSA) is 49.4 Å². The van der Waals surface area contributed by atoms with Gasteiger partial charge in [0.05, 0.1) is 0 Å². The second-order valence-electron chi connectivity index (χ2n) is 4.53. The second-order valence-corrected chi connectivity index (χ2v) is 7.26. The highest BCUT2D eigenvalue weighted by Crippen LogP contribution is 2.19. The van der Waals surface area contributed by atoms with Crippen LogP contribution in [0.1, 0.15) is 12.0 Å². The van der Waals surface area contributed by atoms with E-state index < -0.39 is 10.0 Å². The molecule has 104 valence electrons. The van der Waals surface area contributed by atoms with Crippen LogP contribution in [0, 0.1) is 0 Å². The Bertz CT molecular complexity index is 566. The van der Waals surface area contributed by atoms with Crippen molar-refractivity contribution >= 4 is 32.0 Å². The van der Waals surface area contributed by atoms with Crippen molar-refractivity contribution in [3.63, 3.8) is 0 Å². The summed E-state index contributed by atoms with van der Waals surface area (Å²) in [5, 5.41) is 4.44. The molecule has 1 unspecified atom stereocenters. The average Bonchev–Trinajstić information content (AvgIpc) is 2.90. The highest BCUT2D eigenvalue weighted by atomic mass is 79.9. The summed E-state index contributed by atoms with van der Waals surface area (Å²) in [5.41, 5.74) is 0.851. The van der Waals surface area contributed by atoms with Crippen LogP contribution in [-0.2, 0) is 10.0 Å². The van der Waals surface area contributed by atoms with Crippen molar-refractivity contribution in [3.8, 4) is 0 Å². The third-order valence-electron chi connectivity index (χ3n) is 3.27. The third kappa shape index (κ3) is 3.66. The van der Waals surface area contributed by atoms with E-state index in [4.69, 9.17) is 0 Å². The number of halogens is 1. The van der Waals surface area contributed by atoms with Crippen LogP contribution in [0.3, 0.4) is 0 Å². The van der Waals surface area contributed by atoms with Gasteiger partial charge in [0.2, 0.25) is 10.0 Å². The summed E-state index contributed by atoms with van der Waals surface area (Å²) in [5.74, 6) is 0. The van der Waals surface area contributed by atoms with E-state index in [9.17, 15) is 8.42 Å². The summed E-state index contributed by atoms with van der Waals surface area (Å²) in [6, 6.07) is 7.58. The Kier molecular flexibility index (Phi) is 4.78. The number of benzene rings is 1. The fraction of sp³-hybridized carbons (Fsp3) is 0.385. The van der Waals surface area contributed by atoms with Crippen LogP contribution >= 0.6 is 15.9 Å². The predicted octanol–water partition coefficient (Wildman–Crippen LogP) is 2.04. The first kappa shape index (κ1) is 14.7. The van der Waals surface area contributed by atoms with Gasteiger partial charge in [-0.3, -0.25) is 0 Å². The molecule has 0 radical (unpaired) electrons. The van der Waals surface area contributed by atoms with Gasteiger partial charge in [0.25, 0.3) is 0 Å². The van der Waals surface area contributed by atoms with Crippen molar-refractivity contribution < 1.29 is 8.42 Å². The third-order valence-corrected chi connectivity index (χ3v) is 5.58. The lowest BCUT2D eigenvalue weighted by molar-refractivity contribution is 0.393. The van der Waals surface area contributed by atoms with Crippen LogP contribution in [0.2, 0.25) is 0 Å². The maximum absolute atomic E-state index is 12.2. The Hall–Kier alpha value is -0.690. The van der Waals surface area contributed by atoms with E-state index in [2.05, 4.69) is 21.2 Å². The number of rotatable bonds is 4. The maximum atomic E-state index is 12.2. The molecule has 6 heteroatoms. The molecule has 1 aliphatic heterocycles. The minimum Gasteiger partial charge on any atom is -0.315 e. The van der Waals surface area contributed by atoms with Crippen LogP contribution < -0.4 is 5.32 Å². The Morgan fingerprint density at radius 1 is 1.42 bits per heavy atom. The van der Waals surface area contributed by atoms with Gasteiger partial charge in [-0.15, -0.1) is 0 Å². The number of hydrogen-bond donors (Lipinski definition) is 1. The first-order chi connectivity index (χ1) is 9.00. The van der Waals surface area contributed by atoms with Gasteiger partial charge in [-0.25, -0.2) is 8.42 Å². The SMILES string of the molecule is CN(C1CCNC1)S(=O)(=O)/C=C/c1ccccc1Br. The van der Waals surface area contributed by atoms with E-state index in [1.165, 1.54) is 9.71 Å². The zero-order chi connectivity index (χ0) is 13.9. The Labute approximate surface area is 122 Å². The van der Waals surface area contributed by atoms with Crippen molar-refractivity contribution in [1.29, 1.82) is 0 Å². The molecule has 1 fully saturated rings. The normalized spacial score (nSPS) is 20.5. The molecule has 1 saturated heterocycles. The van der Waals surface area contributed by atoms with E-state index in [1.807, 2.05) is 24.3 Å². The molecule has 4 nitrogen and oxygen atoms in total. The molecule has 0 aliphatic carbocycles. The molecule has 0 bridgehead atoms. The molecule has 0 amide bonds. The average molecular weight is 345 g/mol. The Balaban J connectivity index is 2.14. The quantitative estimate of drug-likeness (QED) is 0.909. The summed E-state index contributed by atoms with van der Waals surface area (Å²) in [6.45, 7) is 1.59. The molecule has 0 aromatic heterocycles. The minimum atomic E-state index is -3.37. The van der Waals surface area contributed by atoms with Crippen LogP contribution in [0.15, 0.2) is 34.1 Å². The van der Waals surface area contributed by atoms with E-state index in [0.717, 1.165) is 29.5 Å². The lowest BCUT2D eigenvalue weighted by atomic mass is 10.2. The Morgan fingerprint density at radius 3 is 2.79 bits per heavy atom. The lowest BCUT2D eigenvalue weighted by Gasteiger charge is -2.21. The summed E-state index contributed by atoms with van der Waals surface area (Å²) >= 11 is 3.40. The maximum Gasteiger partial charge on any atom is 0.236 e. The molecule has 2 rings (SSSR count). The van der Waals surface area contributed by atoms with Crippen LogP contribution in [0.5, 0.6) is 0 Å². The number of likely N-dealkylation sites (N-methyl/N-ethyl adjacent to an activating group) is 1. The van der Waals surface area contributed by atoms with E-state index >= 15 is 0 Å². The van der Waals surface area contributed by atoms with Gasteiger partial charge < -0.3 is 5.32 Å². The molecule has 1 aliphatic rings. The number of hydrogen-bond acceptors (Lipinski definition) is 3. The van der Waals surface area contributed by atoms with Crippen LogP contribution in [0.25, 0.3) is 6.08 Å². The molecule has 1 aromatic rings. The number of nitrogens with one attached hydrogen (secondary N) is 1. The van der Waals surface area contributed by atoms with Gasteiger partial charge in [-0.05, 0) is 30.7 Å². The van der Waals surface area contributed by atoms with Gasteiger partial charge in [-0.2, -0.15) is 4.31 Å². The predicted molar refractivity (Wildman–Crippen MR) is 81.1 cm³/mol. The number of nitrogens with zero attached hydrogens (tertiary/aromatic N) is 1. The molecule has 1 aromatic carbocycles. The number of sulfonamides is 1. The minimum absolute atomic E-state index is 0.0499. The fourth-order valence-electron chi connectivity index (χ4n) is 2.02. The summed E-state index contributed by atoms with van der Waals surface area (Å²) in [4.78, 5) is 0. The zero-order valence-corrected chi connectivity index (χ0v) is 13.1. The second kappa shape index (κ2) is 6.17. The van der Waals surface area contributed by atoms with Crippen molar-refractivity contribution in [1.82, 2.24) is 9.62 Å². The highest BCUT2D eigenvalue weighted by Gasteiger charge is 2.26. The molecule has 1 N–H and O–H groups in total. The first-order valence-electron chi connectivity index (χ1n) is 6.12. The zero-order valence-electron chi connectivity index (χ0n) is 10.7. The van der Waals surface area contributed by atoms with Crippen LogP contribution in [-0.4, -0.2) is 38.9 Å². The van der Waals surface area contributed by atoms with Crippen molar-refractivity contribution in [2.45, 2.75) is 12.5 Å². The van der Waals surface area contributed by atoms with Crippen molar-refractivity contribution in [2.24, 2.45) is 0 Å². The smallest absolute Gasteiger partial charge is 0.236 e. The van der Waals surface area contributed by atoms with E-state index in [0.29, 0.717) is 0 Å². The molecule has 0 saturated carbocycles. The van der Waals surface area contributed by atoms with Crippen molar-refractivity contribution in [3.05, 3.63) is 39.7 Å². The molecule has 1 heterocycles. The summed E-state index contributed by atoms with van der Waals surface area (Å²) < 4.78 is 26.7. The summed E-state index contributed by atoms with van der Waals surface area (Å²) in [7, 11) is -1.73. The fourth-order valence-corrected chi connectivity index (χ4v) is 3.55. The van der Waals surface area contributed by atoms with Gasteiger partial charge in [0, 0.05) is 29.5 Å². The van der Waals surface area contributed by atoms with Gasteiger partial charge in [0.1, 0.15) is 0 Å². The lowest BCUT2D eigenvalue weighted by Crippen LogP contribution is -2.37. The van der Waals surface area contributed by atoms with Crippen LogP contribution in [0.4, 0.5) is 0 Å². The monoisotopic (exact) mass is 344 g/mol. The highest BCUT2D eigenvalue weighted by molar-refractivity contribution is 9.10. The molecular weight excluding hydrogens is 328 g/mol. The summed E-state index contributed by atoms with van der Waals surface area (Å²) in [6.07, 6.45) is 2.48. The van der Waals surface area contributed by atoms with Gasteiger partial charge >= 0.3 is 0 Å². The van der Waals surface area contributed by atoms with Gasteiger partial charge in [0.15, 0.2) is 0 Å². The standard InChI is InChI=1S/C13H17BrN2O2S/c1-16(12-6-8-15-10-12)19(17,18)9-7-11-4-2-3-5-13(11)14/h2-5,7,9,12,15H,6,8,10H2,1H3/b9-7+. The first-order valence-corrected chi connectivity index (χ1v) is 8.42. The Morgan fingerprint density at radius 2 is 2.16 bits per heavy atom. The largest absolute Gasteiger partial charge is 0.315 e. The van der Waals surface area contributed by atoms with E-state index in [1.54, 1.807) is 13.1 Å². The van der Waals surface area contributed by atoms with E-state index in [-0.39, 0.29) is 6.04 Å². The molecule has 19 heavy (non-hydrogen) atoms. The molecule has 0 spiro atoms. The molecule has 1 atom stereocenters.